The van der Waals surface area contributed by atoms with E-state index in [0.29, 0.717) is 6.10 Å². The van der Waals surface area contributed by atoms with Crippen molar-refractivity contribution in [3.8, 4) is 5.75 Å². The lowest BCUT2D eigenvalue weighted by molar-refractivity contribution is 0.129. The van der Waals surface area contributed by atoms with Gasteiger partial charge in [0.25, 0.3) is 0 Å². The van der Waals surface area contributed by atoms with Crippen LogP contribution in [-0.4, -0.2) is 67.7 Å². The lowest BCUT2D eigenvalue weighted by Gasteiger charge is -2.34. The second-order valence-electron chi connectivity index (χ2n) is 6.38. The molecule has 1 aromatic rings. The van der Waals surface area contributed by atoms with Gasteiger partial charge in [0.15, 0.2) is 5.96 Å². The van der Waals surface area contributed by atoms with Crippen molar-refractivity contribution in [3.63, 3.8) is 0 Å². The summed E-state index contributed by atoms with van der Waals surface area (Å²) in [6.07, 6.45) is 2.38. The molecule has 25 heavy (non-hydrogen) atoms. The van der Waals surface area contributed by atoms with Gasteiger partial charge >= 0.3 is 0 Å². The summed E-state index contributed by atoms with van der Waals surface area (Å²) in [6.45, 7) is 13.5. The summed E-state index contributed by atoms with van der Waals surface area (Å²) >= 11 is 0. The Balaban J connectivity index is 1.82. The van der Waals surface area contributed by atoms with Crippen molar-refractivity contribution in [3.05, 3.63) is 30.3 Å². The molecular weight excluding hydrogens is 312 g/mol. The zero-order valence-electron chi connectivity index (χ0n) is 16.1. The Morgan fingerprint density at radius 3 is 2.44 bits per heavy atom. The van der Waals surface area contributed by atoms with E-state index in [0.717, 1.165) is 70.4 Å². The second kappa shape index (κ2) is 11.0. The zero-order chi connectivity index (χ0) is 17.9. The van der Waals surface area contributed by atoms with Gasteiger partial charge in [-0.25, -0.2) is 0 Å². The smallest absolute Gasteiger partial charge is 0.193 e. The van der Waals surface area contributed by atoms with E-state index in [1.807, 2.05) is 30.3 Å². The number of hydrogen-bond donors (Lipinski definition) is 1. The molecule has 1 N–H and O–H groups in total. The van der Waals surface area contributed by atoms with Gasteiger partial charge < -0.3 is 19.9 Å². The number of aliphatic imine (C=N–C) groups is 1. The Labute approximate surface area is 153 Å². The number of rotatable bonds is 8. The summed E-state index contributed by atoms with van der Waals surface area (Å²) in [4.78, 5) is 9.61. The van der Waals surface area contributed by atoms with Crippen LogP contribution in [0.3, 0.4) is 0 Å². The van der Waals surface area contributed by atoms with Gasteiger partial charge in [0, 0.05) is 39.0 Å². The fraction of sp³-hybridized carbons (Fsp3) is 0.650. The highest BCUT2D eigenvalue weighted by Gasteiger charge is 2.22. The second-order valence-corrected chi connectivity index (χ2v) is 6.38. The van der Waals surface area contributed by atoms with Crippen LogP contribution in [0, 0.1) is 0 Å². The van der Waals surface area contributed by atoms with Gasteiger partial charge in [-0.2, -0.15) is 0 Å². The number of benzene rings is 1. The summed E-state index contributed by atoms with van der Waals surface area (Å²) in [7, 11) is 0. The Hall–Kier alpha value is -1.75. The molecule has 2 rings (SSSR count). The summed E-state index contributed by atoms with van der Waals surface area (Å²) in [6, 6.07) is 10.1. The highest BCUT2D eigenvalue weighted by atomic mass is 16.5. The van der Waals surface area contributed by atoms with Crippen molar-refractivity contribution in [1.29, 1.82) is 0 Å². The molecule has 0 radical (unpaired) electrons. The van der Waals surface area contributed by atoms with Crippen LogP contribution in [0.2, 0.25) is 0 Å². The lowest BCUT2D eigenvalue weighted by Crippen LogP contribution is -2.47. The number of likely N-dealkylation sites (N-methyl/N-ethyl adjacent to an activating group) is 1. The molecular formula is C20H34N4O. The minimum Gasteiger partial charge on any atom is -0.490 e. The van der Waals surface area contributed by atoms with Gasteiger partial charge in [0.1, 0.15) is 11.9 Å². The number of likely N-dealkylation sites (tertiary alicyclic amines) is 1. The van der Waals surface area contributed by atoms with Crippen LogP contribution >= 0.6 is 0 Å². The molecule has 0 aliphatic carbocycles. The largest absolute Gasteiger partial charge is 0.490 e. The van der Waals surface area contributed by atoms with Gasteiger partial charge in [-0.3, -0.25) is 4.99 Å². The standard InChI is InChI=1S/C20H34N4O/c1-4-21-20(22-14-17-23(5-2)6-3)24-15-12-19(13-16-24)25-18-10-8-7-9-11-18/h7-11,19H,4-6,12-17H2,1-3H3,(H,21,22). The van der Waals surface area contributed by atoms with E-state index in [-0.39, 0.29) is 0 Å². The van der Waals surface area contributed by atoms with Crippen LogP contribution < -0.4 is 10.1 Å². The molecule has 0 unspecified atom stereocenters. The Morgan fingerprint density at radius 1 is 1.16 bits per heavy atom. The average molecular weight is 347 g/mol. The molecule has 1 aliphatic rings. The van der Waals surface area contributed by atoms with Crippen LogP contribution in [0.5, 0.6) is 5.75 Å². The fourth-order valence-corrected chi connectivity index (χ4v) is 3.14. The third-order valence-corrected chi connectivity index (χ3v) is 4.69. The topological polar surface area (TPSA) is 40.1 Å². The molecule has 0 spiro atoms. The first-order valence-corrected chi connectivity index (χ1v) is 9.74. The highest BCUT2D eigenvalue weighted by molar-refractivity contribution is 5.80. The maximum absolute atomic E-state index is 6.09. The number of nitrogens with zero attached hydrogens (tertiary/aromatic N) is 3. The quantitative estimate of drug-likeness (QED) is 0.580. The first-order valence-electron chi connectivity index (χ1n) is 9.74. The number of piperidine rings is 1. The van der Waals surface area contributed by atoms with Crippen LogP contribution in [0.25, 0.3) is 0 Å². The highest BCUT2D eigenvalue weighted by Crippen LogP contribution is 2.18. The molecule has 1 fully saturated rings. The Kier molecular flexibility index (Phi) is 8.60. The van der Waals surface area contributed by atoms with Gasteiger partial charge in [0.05, 0.1) is 6.54 Å². The number of para-hydroxylation sites is 1. The maximum Gasteiger partial charge on any atom is 0.193 e. The van der Waals surface area contributed by atoms with E-state index in [2.05, 4.69) is 35.9 Å². The summed E-state index contributed by atoms with van der Waals surface area (Å²) in [5.74, 6) is 2.02. The molecule has 5 heteroatoms. The summed E-state index contributed by atoms with van der Waals surface area (Å²) in [5.41, 5.74) is 0. The van der Waals surface area contributed by atoms with Crippen molar-refractivity contribution in [1.82, 2.24) is 15.1 Å². The molecule has 5 nitrogen and oxygen atoms in total. The van der Waals surface area contributed by atoms with Gasteiger partial charge in [0.2, 0.25) is 0 Å². The molecule has 0 atom stereocenters. The van der Waals surface area contributed by atoms with Gasteiger partial charge in [-0.05, 0) is 32.1 Å². The molecule has 1 saturated heterocycles. The Bertz CT molecular complexity index is 494. The average Bonchev–Trinajstić information content (AvgIpc) is 2.66. The molecule has 0 amide bonds. The minimum atomic E-state index is 0.303. The van der Waals surface area contributed by atoms with E-state index >= 15 is 0 Å². The van der Waals surface area contributed by atoms with Crippen molar-refractivity contribution in [2.75, 3.05) is 45.8 Å². The number of nitrogens with one attached hydrogen (secondary N) is 1. The number of hydrogen-bond acceptors (Lipinski definition) is 3. The van der Waals surface area contributed by atoms with E-state index < -0.39 is 0 Å². The van der Waals surface area contributed by atoms with Crippen molar-refractivity contribution < 1.29 is 4.74 Å². The van der Waals surface area contributed by atoms with E-state index in [1.54, 1.807) is 0 Å². The first-order chi connectivity index (χ1) is 12.3. The van der Waals surface area contributed by atoms with Crippen molar-refractivity contribution in [2.45, 2.75) is 39.7 Å². The monoisotopic (exact) mass is 346 g/mol. The molecule has 0 aromatic heterocycles. The molecule has 1 aromatic carbocycles. The van der Waals surface area contributed by atoms with E-state index in [4.69, 9.17) is 9.73 Å². The van der Waals surface area contributed by atoms with Crippen LogP contribution in [0.4, 0.5) is 0 Å². The fourth-order valence-electron chi connectivity index (χ4n) is 3.14. The predicted octanol–water partition coefficient (Wildman–Crippen LogP) is 2.84. The van der Waals surface area contributed by atoms with E-state index in [9.17, 15) is 0 Å². The SMILES string of the molecule is CCNC(=NCCN(CC)CC)N1CCC(Oc2ccccc2)CC1. The van der Waals surface area contributed by atoms with Crippen LogP contribution in [0.1, 0.15) is 33.6 Å². The third-order valence-electron chi connectivity index (χ3n) is 4.69. The molecule has 0 saturated carbocycles. The predicted molar refractivity (Wildman–Crippen MR) is 105 cm³/mol. The van der Waals surface area contributed by atoms with Crippen molar-refractivity contribution >= 4 is 5.96 Å². The lowest BCUT2D eigenvalue weighted by atomic mass is 10.1. The summed E-state index contributed by atoms with van der Waals surface area (Å²) in [5, 5.41) is 3.44. The van der Waals surface area contributed by atoms with Gasteiger partial charge in [-0.15, -0.1) is 0 Å². The molecule has 0 bridgehead atoms. The third kappa shape index (κ3) is 6.58. The maximum atomic E-state index is 6.09. The normalized spacial score (nSPS) is 16.3. The van der Waals surface area contributed by atoms with Crippen LogP contribution in [-0.2, 0) is 0 Å². The molecule has 1 heterocycles. The number of ether oxygens (including phenoxy) is 1. The molecule has 140 valence electrons. The van der Waals surface area contributed by atoms with Crippen molar-refractivity contribution in [2.24, 2.45) is 4.99 Å². The first kappa shape index (κ1) is 19.6. The van der Waals surface area contributed by atoms with E-state index in [1.165, 1.54) is 0 Å². The van der Waals surface area contributed by atoms with Gasteiger partial charge in [-0.1, -0.05) is 32.0 Å². The van der Waals surface area contributed by atoms with Crippen LogP contribution in [0.15, 0.2) is 35.3 Å². The minimum absolute atomic E-state index is 0.303. The molecule has 1 aliphatic heterocycles. The zero-order valence-corrected chi connectivity index (χ0v) is 16.1. The number of guanidine groups is 1. The Morgan fingerprint density at radius 2 is 1.84 bits per heavy atom. The summed E-state index contributed by atoms with van der Waals surface area (Å²) < 4.78 is 6.09.